The molecule has 0 bridgehead atoms. The molecule has 4 nitrogen and oxygen atoms in total. The van der Waals surface area contributed by atoms with Gasteiger partial charge in [0.2, 0.25) is 0 Å². The van der Waals surface area contributed by atoms with Gasteiger partial charge in [0.05, 0.1) is 0 Å². The number of benzene rings is 1. The fourth-order valence-electron chi connectivity index (χ4n) is 1.51. The summed E-state index contributed by atoms with van der Waals surface area (Å²) in [6.07, 6.45) is 1.55. The van der Waals surface area contributed by atoms with Crippen LogP contribution in [-0.2, 0) is 0 Å². The standard InChI is InChI=1S/C13H12N2O2/c1-9-7-8-14-13(17)11(9)15-12(16)10-5-3-2-4-6-10/h2-8H,1H3,(H,14,17)(H,15,16). The van der Waals surface area contributed by atoms with E-state index >= 15 is 0 Å². The fourth-order valence-corrected chi connectivity index (χ4v) is 1.51. The van der Waals surface area contributed by atoms with Crippen LogP contribution >= 0.6 is 0 Å². The van der Waals surface area contributed by atoms with Gasteiger partial charge in [-0.3, -0.25) is 9.59 Å². The van der Waals surface area contributed by atoms with E-state index in [1.165, 1.54) is 0 Å². The van der Waals surface area contributed by atoms with Crippen molar-refractivity contribution >= 4 is 11.6 Å². The Morgan fingerprint density at radius 1 is 1.18 bits per heavy atom. The number of aromatic amines is 1. The normalized spacial score (nSPS) is 9.94. The van der Waals surface area contributed by atoms with Crippen molar-refractivity contribution < 1.29 is 4.79 Å². The van der Waals surface area contributed by atoms with Crippen LogP contribution in [0, 0.1) is 6.92 Å². The molecule has 0 spiro atoms. The van der Waals surface area contributed by atoms with Crippen LogP contribution in [0.5, 0.6) is 0 Å². The lowest BCUT2D eigenvalue weighted by molar-refractivity contribution is 0.102. The minimum atomic E-state index is -0.297. The smallest absolute Gasteiger partial charge is 0.271 e. The average molecular weight is 228 g/mol. The summed E-state index contributed by atoms with van der Waals surface area (Å²) in [4.78, 5) is 25.9. The number of aryl methyl sites for hydroxylation is 1. The summed E-state index contributed by atoms with van der Waals surface area (Å²) in [6, 6.07) is 10.5. The first kappa shape index (κ1) is 11.1. The van der Waals surface area contributed by atoms with Gasteiger partial charge in [-0.15, -0.1) is 0 Å². The van der Waals surface area contributed by atoms with Gasteiger partial charge in [0.15, 0.2) is 0 Å². The molecule has 86 valence electrons. The number of nitrogens with one attached hydrogen (secondary N) is 2. The van der Waals surface area contributed by atoms with Crippen molar-refractivity contribution in [2.75, 3.05) is 5.32 Å². The van der Waals surface area contributed by atoms with Gasteiger partial charge in [-0.25, -0.2) is 0 Å². The number of aromatic nitrogens is 1. The zero-order chi connectivity index (χ0) is 12.3. The monoisotopic (exact) mass is 228 g/mol. The van der Waals surface area contributed by atoms with Crippen molar-refractivity contribution in [1.29, 1.82) is 0 Å². The lowest BCUT2D eigenvalue weighted by atomic mass is 10.2. The number of hydrogen-bond donors (Lipinski definition) is 2. The van der Waals surface area contributed by atoms with Crippen LogP contribution in [0.15, 0.2) is 47.4 Å². The first-order valence-electron chi connectivity index (χ1n) is 5.23. The molecule has 1 aromatic carbocycles. The van der Waals surface area contributed by atoms with Crippen molar-refractivity contribution in [3.05, 3.63) is 64.1 Å². The van der Waals surface area contributed by atoms with Crippen LogP contribution in [0.1, 0.15) is 15.9 Å². The lowest BCUT2D eigenvalue weighted by Gasteiger charge is -2.06. The molecule has 0 unspecified atom stereocenters. The topological polar surface area (TPSA) is 62.0 Å². The van der Waals surface area contributed by atoms with E-state index in [1.54, 1.807) is 43.5 Å². The summed E-state index contributed by atoms with van der Waals surface area (Å²) in [5.41, 5.74) is 1.25. The van der Waals surface area contributed by atoms with Crippen molar-refractivity contribution in [3.63, 3.8) is 0 Å². The van der Waals surface area contributed by atoms with E-state index < -0.39 is 0 Å². The van der Waals surface area contributed by atoms with E-state index in [0.717, 1.165) is 5.56 Å². The highest BCUT2D eigenvalue weighted by Gasteiger charge is 2.09. The van der Waals surface area contributed by atoms with Crippen LogP contribution in [0.25, 0.3) is 0 Å². The molecule has 1 heterocycles. The predicted octanol–water partition coefficient (Wildman–Crippen LogP) is 1.94. The van der Waals surface area contributed by atoms with Gasteiger partial charge in [0.25, 0.3) is 11.5 Å². The Balaban J connectivity index is 2.28. The number of carbonyl (C=O) groups excluding carboxylic acids is 1. The van der Waals surface area contributed by atoms with Crippen LogP contribution < -0.4 is 10.9 Å². The Morgan fingerprint density at radius 2 is 1.88 bits per heavy atom. The largest absolute Gasteiger partial charge is 0.327 e. The van der Waals surface area contributed by atoms with Gasteiger partial charge >= 0.3 is 0 Å². The van der Waals surface area contributed by atoms with Crippen molar-refractivity contribution in [1.82, 2.24) is 4.98 Å². The Labute approximate surface area is 98.3 Å². The second-order valence-corrected chi connectivity index (χ2v) is 3.68. The Kier molecular flexibility index (Phi) is 3.05. The molecule has 2 aromatic rings. The summed E-state index contributed by atoms with van der Waals surface area (Å²) in [7, 11) is 0. The molecule has 0 radical (unpaired) electrons. The zero-order valence-electron chi connectivity index (χ0n) is 9.36. The highest BCUT2D eigenvalue weighted by Crippen LogP contribution is 2.08. The summed E-state index contributed by atoms with van der Waals surface area (Å²) >= 11 is 0. The van der Waals surface area contributed by atoms with Crippen molar-refractivity contribution in [2.45, 2.75) is 6.92 Å². The molecule has 0 saturated carbocycles. The van der Waals surface area contributed by atoms with Gasteiger partial charge in [0.1, 0.15) is 5.69 Å². The van der Waals surface area contributed by atoms with E-state index in [9.17, 15) is 9.59 Å². The van der Waals surface area contributed by atoms with Crippen molar-refractivity contribution in [2.24, 2.45) is 0 Å². The minimum Gasteiger partial charge on any atom is -0.327 e. The molecule has 17 heavy (non-hydrogen) atoms. The second kappa shape index (κ2) is 4.65. The quantitative estimate of drug-likeness (QED) is 0.825. The molecule has 4 heteroatoms. The van der Waals surface area contributed by atoms with E-state index in [2.05, 4.69) is 10.3 Å². The molecule has 1 aromatic heterocycles. The van der Waals surface area contributed by atoms with Gasteiger partial charge in [-0.2, -0.15) is 0 Å². The highest BCUT2D eigenvalue weighted by molar-refractivity contribution is 6.04. The van der Waals surface area contributed by atoms with Gasteiger partial charge in [-0.1, -0.05) is 18.2 Å². The number of H-pyrrole nitrogens is 1. The molecule has 1 amide bonds. The van der Waals surface area contributed by atoms with E-state index in [4.69, 9.17) is 0 Å². The zero-order valence-corrected chi connectivity index (χ0v) is 9.36. The van der Waals surface area contributed by atoms with Gasteiger partial charge in [0, 0.05) is 11.8 Å². The maximum Gasteiger partial charge on any atom is 0.271 e. The molecular weight excluding hydrogens is 216 g/mol. The maximum absolute atomic E-state index is 11.9. The van der Waals surface area contributed by atoms with Gasteiger partial charge in [-0.05, 0) is 30.7 Å². The Bertz CT molecular complexity index is 588. The van der Waals surface area contributed by atoms with Crippen LogP contribution in [0.2, 0.25) is 0 Å². The molecular formula is C13H12N2O2. The third-order valence-corrected chi connectivity index (χ3v) is 2.44. The Hall–Kier alpha value is -2.36. The molecule has 0 fully saturated rings. The molecule has 0 aliphatic heterocycles. The number of carbonyl (C=O) groups is 1. The lowest BCUT2D eigenvalue weighted by Crippen LogP contribution is -2.20. The molecule has 0 atom stereocenters. The first-order chi connectivity index (χ1) is 8.18. The van der Waals surface area contributed by atoms with Gasteiger partial charge < -0.3 is 10.3 Å². The SMILES string of the molecule is Cc1cc[nH]c(=O)c1NC(=O)c1ccccc1. The molecule has 2 N–H and O–H groups in total. The summed E-state index contributed by atoms with van der Waals surface area (Å²) in [5.74, 6) is -0.287. The maximum atomic E-state index is 11.9. The average Bonchev–Trinajstić information content (AvgIpc) is 2.35. The van der Waals surface area contributed by atoms with E-state index in [1.807, 2.05) is 6.07 Å². The van der Waals surface area contributed by atoms with E-state index in [0.29, 0.717) is 11.3 Å². The minimum absolute atomic E-state index is 0.287. The molecule has 0 aliphatic rings. The van der Waals surface area contributed by atoms with E-state index in [-0.39, 0.29) is 11.5 Å². The molecule has 0 aliphatic carbocycles. The summed E-state index contributed by atoms with van der Waals surface area (Å²) < 4.78 is 0. The fraction of sp³-hybridized carbons (Fsp3) is 0.0769. The number of rotatable bonds is 2. The second-order valence-electron chi connectivity index (χ2n) is 3.68. The van der Waals surface area contributed by atoms with Crippen molar-refractivity contribution in [3.8, 4) is 0 Å². The van der Waals surface area contributed by atoms with Crippen LogP contribution in [0.3, 0.4) is 0 Å². The third kappa shape index (κ3) is 2.42. The molecule has 0 saturated heterocycles. The van der Waals surface area contributed by atoms with Crippen LogP contribution in [-0.4, -0.2) is 10.9 Å². The summed E-state index contributed by atoms with van der Waals surface area (Å²) in [6.45, 7) is 1.77. The third-order valence-electron chi connectivity index (χ3n) is 2.44. The van der Waals surface area contributed by atoms with Crippen LogP contribution in [0.4, 0.5) is 5.69 Å². The number of anilines is 1. The number of pyridine rings is 1. The highest BCUT2D eigenvalue weighted by atomic mass is 16.2. The predicted molar refractivity (Wildman–Crippen MR) is 66.2 cm³/mol. The molecule has 2 rings (SSSR count). The Morgan fingerprint density at radius 3 is 2.53 bits per heavy atom. The summed E-state index contributed by atoms with van der Waals surface area (Å²) in [5, 5.41) is 2.61. The number of hydrogen-bond acceptors (Lipinski definition) is 2. The number of amides is 1. The first-order valence-corrected chi connectivity index (χ1v) is 5.23.